The first-order chi connectivity index (χ1) is 12.9. The molecule has 2 aromatic carbocycles. The second kappa shape index (κ2) is 7.78. The van der Waals surface area contributed by atoms with Gasteiger partial charge in [-0.2, -0.15) is 0 Å². The lowest BCUT2D eigenvalue weighted by atomic mass is 9.89. The molecule has 6 nitrogen and oxygen atoms in total. The van der Waals surface area contributed by atoms with Gasteiger partial charge in [0.05, 0.1) is 20.3 Å². The van der Waals surface area contributed by atoms with Gasteiger partial charge >= 0.3 is 0 Å². The molecule has 0 aromatic heterocycles. The van der Waals surface area contributed by atoms with Crippen LogP contribution in [0.4, 0.5) is 0 Å². The van der Waals surface area contributed by atoms with Gasteiger partial charge in [0.25, 0.3) is 5.91 Å². The fraction of sp³-hybridized carbons (Fsp3) is 0.381. The Morgan fingerprint density at radius 3 is 2.59 bits per heavy atom. The number of fused-ring (bicyclic) bond motifs is 1. The third-order valence-electron chi connectivity index (χ3n) is 4.44. The van der Waals surface area contributed by atoms with Crippen molar-refractivity contribution in [3.05, 3.63) is 48.0 Å². The van der Waals surface area contributed by atoms with E-state index in [4.69, 9.17) is 18.9 Å². The van der Waals surface area contributed by atoms with E-state index in [1.807, 2.05) is 44.2 Å². The topological polar surface area (TPSA) is 66.0 Å². The van der Waals surface area contributed by atoms with Crippen molar-refractivity contribution in [1.82, 2.24) is 5.32 Å². The molecule has 1 N–H and O–H groups in total. The Hall–Kier alpha value is -2.89. The molecule has 6 heteroatoms. The van der Waals surface area contributed by atoms with Crippen molar-refractivity contribution in [2.45, 2.75) is 31.9 Å². The van der Waals surface area contributed by atoms with E-state index in [1.54, 1.807) is 26.4 Å². The molecular formula is C21H25NO5. The van der Waals surface area contributed by atoms with E-state index >= 15 is 0 Å². The molecule has 0 spiro atoms. The van der Waals surface area contributed by atoms with Gasteiger partial charge in [-0.05, 0) is 38.1 Å². The molecule has 0 saturated carbocycles. The highest BCUT2D eigenvalue weighted by Gasteiger charge is 2.34. The van der Waals surface area contributed by atoms with Gasteiger partial charge in [-0.25, -0.2) is 0 Å². The highest BCUT2D eigenvalue weighted by Crippen LogP contribution is 2.41. The van der Waals surface area contributed by atoms with Crippen molar-refractivity contribution >= 4 is 5.91 Å². The third-order valence-corrected chi connectivity index (χ3v) is 4.44. The summed E-state index contributed by atoms with van der Waals surface area (Å²) in [6.07, 6.45) is 0.659. The van der Waals surface area contributed by atoms with Crippen molar-refractivity contribution in [2.75, 3.05) is 20.8 Å². The van der Waals surface area contributed by atoms with Gasteiger partial charge in [-0.3, -0.25) is 4.79 Å². The van der Waals surface area contributed by atoms with Crippen LogP contribution < -0.4 is 24.3 Å². The Kier molecular flexibility index (Phi) is 5.44. The van der Waals surface area contributed by atoms with Crippen molar-refractivity contribution in [1.29, 1.82) is 0 Å². The van der Waals surface area contributed by atoms with Crippen molar-refractivity contribution < 1.29 is 23.7 Å². The fourth-order valence-corrected chi connectivity index (χ4v) is 3.20. The molecular weight excluding hydrogens is 346 g/mol. The highest BCUT2D eigenvalue weighted by molar-refractivity contribution is 5.78. The summed E-state index contributed by atoms with van der Waals surface area (Å²) < 4.78 is 22.2. The molecule has 1 heterocycles. The zero-order valence-electron chi connectivity index (χ0n) is 16.1. The molecule has 0 saturated heterocycles. The van der Waals surface area contributed by atoms with Crippen LogP contribution in [0.2, 0.25) is 0 Å². The van der Waals surface area contributed by atoms with E-state index in [-0.39, 0.29) is 18.6 Å². The number of benzene rings is 2. The number of ether oxygens (including phenoxy) is 4. The predicted octanol–water partition coefficient (Wildman–Crippen LogP) is 3.50. The normalized spacial score (nSPS) is 17.3. The van der Waals surface area contributed by atoms with Crippen LogP contribution >= 0.6 is 0 Å². The number of rotatable bonds is 6. The first-order valence-corrected chi connectivity index (χ1v) is 8.84. The summed E-state index contributed by atoms with van der Waals surface area (Å²) in [5.74, 6) is 2.37. The van der Waals surface area contributed by atoms with E-state index in [1.165, 1.54) is 0 Å². The zero-order valence-corrected chi connectivity index (χ0v) is 16.1. The smallest absolute Gasteiger partial charge is 0.258 e. The molecule has 27 heavy (non-hydrogen) atoms. The number of nitrogens with one attached hydrogen (secondary N) is 1. The van der Waals surface area contributed by atoms with Crippen LogP contribution in [-0.4, -0.2) is 32.3 Å². The van der Waals surface area contributed by atoms with Crippen LogP contribution in [0.5, 0.6) is 23.0 Å². The quantitative estimate of drug-likeness (QED) is 0.842. The summed E-state index contributed by atoms with van der Waals surface area (Å²) in [7, 11) is 3.18. The minimum Gasteiger partial charge on any atom is -0.497 e. The van der Waals surface area contributed by atoms with Gasteiger partial charge in [0, 0.05) is 18.1 Å². The van der Waals surface area contributed by atoms with Gasteiger partial charge in [0.15, 0.2) is 18.1 Å². The molecule has 0 radical (unpaired) electrons. The number of amides is 1. The number of hydrogen-bond acceptors (Lipinski definition) is 5. The molecule has 1 aliphatic rings. The molecule has 1 aliphatic heterocycles. The van der Waals surface area contributed by atoms with Gasteiger partial charge in [-0.15, -0.1) is 0 Å². The van der Waals surface area contributed by atoms with Crippen LogP contribution in [0.1, 0.15) is 31.9 Å². The molecule has 2 aromatic rings. The monoisotopic (exact) mass is 371 g/mol. The predicted molar refractivity (Wildman–Crippen MR) is 102 cm³/mol. The number of para-hydroxylation sites is 2. The first-order valence-electron chi connectivity index (χ1n) is 8.84. The van der Waals surface area contributed by atoms with Crippen LogP contribution in [0.15, 0.2) is 42.5 Å². The average molecular weight is 371 g/mol. The fourth-order valence-electron chi connectivity index (χ4n) is 3.20. The SMILES string of the molecule is COc1ccc2c(c1)OC(C)(C)C[C@H]2NC(=O)COc1ccccc1OC. The van der Waals surface area contributed by atoms with E-state index in [9.17, 15) is 4.79 Å². The van der Waals surface area contributed by atoms with E-state index in [0.717, 1.165) is 17.1 Å². The maximum atomic E-state index is 12.5. The molecule has 1 amide bonds. The number of carbonyl (C=O) groups excluding carboxylic acids is 1. The molecule has 0 aliphatic carbocycles. The van der Waals surface area contributed by atoms with E-state index in [0.29, 0.717) is 17.9 Å². The number of hydrogen-bond donors (Lipinski definition) is 1. The lowest BCUT2D eigenvalue weighted by Crippen LogP contribution is -2.42. The molecule has 3 rings (SSSR count). The van der Waals surface area contributed by atoms with Crippen LogP contribution in [0, 0.1) is 0 Å². The summed E-state index contributed by atoms with van der Waals surface area (Å²) in [6.45, 7) is 3.91. The molecule has 144 valence electrons. The van der Waals surface area contributed by atoms with Gasteiger partial charge in [0.2, 0.25) is 0 Å². The standard InChI is InChI=1S/C21H25NO5/c1-21(2)12-16(15-10-9-14(24-3)11-19(15)27-21)22-20(23)13-26-18-8-6-5-7-17(18)25-4/h5-11,16H,12-13H2,1-4H3,(H,22,23)/t16-/m1/s1. The summed E-state index contributed by atoms with van der Waals surface area (Å²) >= 11 is 0. The minimum absolute atomic E-state index is 0.0936. The Morgan fingerprint density at radius 2 is 1.89 bits per heavy atom. The van der Waals surface area contributed by atoms with Crippen molar-refractivity contribution in [3.8, 4) is 23.0 Å². The summed E-state index contributed by atoms with van der Waals surface area (Å²) in [4.78, 5) is 12.5. The summed E-state index contributed by atoms with van der Waals surface area (Å²) in [5, 5.41) is 3.05. The average Bonchev–Trinajstić information content (AvgIpc) is 2.65. The summed E-state index contributed by atoms with van der Waals surface area (Å²) in [5.41, 5.74) is 0.529. The first kappa shape index (κ1) is 18.9. The maximum Gasteiger partial charge on any atom is 0.258 e. The Labute approximate surface area is 159 Å². The third kappa shape index (κ3) is 4.45. The van der Waals surface area contributed by atoms with Crippen molar-refractivity contribution in [2.24, 2.45) is 0 Å². The number of carbonyl (C=O) groups is 1. The van der Waals surface area contributed by atoms with E-state index in [2.05, 4.69) is 5.32 Å². The second-order valence-corrected chi connectivity index (χ2v) is 7.03. The molecule has 0 unspecified atom stereocenters. The van der Waals surface area contributed by atoms with E-state index < -0.39 is 5.60 Å². The molecule has 1 atom stereocenters. The van der Waals surface area contributed by atoms with Crippen LogP contribution in [0.3, 0.4) is 0 Å². The molecule has 0 bridgehead atoms. The highest BCUT2D eigenvalue weighted by atomic mass is 16.5. The lowest BCUT2D eigenvalue weighted by molar-refractivity contribution is -0.124. The largest absolute Gasteiger partial charge is 0.497 e. The van der Waals surface area contributed by atoms with Crippen molar-refractivity contribution in [3.63, 3.8) is 0 Å². The van der Waals surface area contributed by atoms with Gasteiger partial charge < -0.3 is 24.3 Å². The molecule has 0 fully saturated rings. The minimum atomic E-state index is -0.402. The number of methoxy groups -OCH3 is 2. The van der Waals surface area contributed by atoms with Gasteiger partial charge in [-0.1, -0.05) is 12.1 Å². The van der Waals surface area contributed by atoms with Crippen LogP contribution in [-0.2, 0) is 4.79 Å². The Balaban J connectivity index is 1.70. The summed E-state index contributed by atoms with van der Waals surface area (Å²) in [6, 6.07) is 12.7. The lowest BCUT2D eigenvalue weighted by Gasteiger charge is -2.38. The Bertz CT molecular complexity index is 818. The van der Waals surface area contributed by atoms with Gasteiger partial charge in [0.1, 0.15) is 17.1 Å². The Morgan fingerprint density at radius 1 is 1.15 bits per heavy atom. The second-order valence-electron chi connectivity index (χ2n) is 7.03. The maximum absolute atomic E-state index is 12.5. The zero-order chi connectivity index (χ0) is 19.4. The van der Waals surface area contributed by atoms with Crippen LogP contribution in [0.25, 0.3) is 0 Å².